The summed E-state index contributed by atoms with van der Waals surface area (Å²) >= 11 is 5.90. The molecule has 0 spiro atoms. The predicted molar refractivity (Wildman–Crippen MR) is 101 cm³/mol. The molecule has 0 saturated carbocycles. The first kappa shape index (κ1) is 14.8. The maximum absolute atomic E-state index is 4.54. The van der Waals surface area contributed by atoms with Gasteiger partial charge in [-0.2, -0.15) is 0 Å². The van der Waals surface area contributed by atoms with E-state index < -0.39 is 0 Å². The third-order valence-corrected chi connectivity index (χ3v) is 6.11. The number of hydrogen-bond donors (Lipinski definition) is 1. The van der Waals surface area contributed by atoms with Gasteiger partial charge >= 0.3 is 0 Å². The highest BCUT2D eigenvalue weighted by molar-refractivity contribution is 14.1. The van der Waals surface area contributed by atoms with E-state index in [-0.39, 0.29) is 24.0 Å². The van der Waals surface area contributed by atoms with Crippen molar-refractivity contribution in [2.75, 3.05) is 16.3 Å². The van der Waals surface area contributed by atoms with Crippen molar-refractivity contribution in [2.45, 2.75) is 5.25 Å². The Hall–Kier alpha value is 0.390. The van der Waals surface area contributed by atoms with Gasteiger partial charge in [0.1, 0.15) is 0 Å². The zero-order valence-electron chi connectivity index (χ0n) is 9.30. The molecule has 1 N–H and O–H groups in total. The molecule has 3 nitrogen and oxygen atoms in total. The van der Waals surface area contributed by atoms with Crippen LogP contribution in [0.5, 0.6) is 0 Å². The molecule has 1 aliphatic rings. The smallest absolute Gasteiger partial charge is 0.189 e. The van der Waals surface area contributed by atoms with Gasteiger partial charge in [-0.05, 0) is 12.1 Å². The van der Waals surface area contributed by atoms with Crippen LogP contribution in [0.4, 0.5) is 5.13 Å². The van der Waals surface area contributed by atoms with Gasteiger partial charge in [0.05, 0.1) is 16.8 Å². The number of hydrogen-bond acceptors (Lipinski definition) is 5. The molecule has 1 aliphatic heterocycles. The summed E-state index contributed by atoms with van der Waals surface area (Å²) in [5, 5.41) is 5.87. The lowest BCUT2D eigenvalue weighted by Gasteiger charge is -2.02. The number of alkyl halides is 1. The normalized spacial score (nSPS) is 18.5. The number of aliphatic imine (C=N–C) groups is 1. The van der Waals surface area contributed by atoms with E-state index in [9.17, 15) is 0 Å². The van der Waals surface area contributed by atoms with Crippen molar-refractivity contribution in [1.29, 1.82) is 0 Å². The number of para-hydroxylation sites is 1. The Morgan fingerprint density at radius 1 is 1.39 bits per heavy atom. The molecule has 0 saturated heterocycles. The van der Waals surface area contributed by atoms with Gasteiger partial charge in [0.2, 0.25) is 0 Å². The highest BCUT2D eigenvalue weighted by Gasteiger charge is 2.19. The summed E-state index contributed by atoms with van der Waals surface area (Å²) in [6.07, 6.45) is 0. The third kappa shape index (κ3) is 3.28. The fraction of sp³-hybridized carbons (Fsp3) is 0.273. The zero-order valence-corrected chi connectivity index (χ0v) is 15.4. The first-order valence-corrected chi connectivity index (χ1v) is 8.47. The lowest BCUT2D eigenvalue weighted by Crippen LogP contribution is -2.07. The molecule has 2 heterocycles. The summed E-state index contributed by atoms with van der Waals surface area (Å²) in [7, 11) is 0. The number of rotatable bonds is 2. The van der Waals surface area contributed by atoms with E-state index in [2.05, 4.69) is 44.0 Å². The third-order valence-electron chi connectivity index (χ3n) is 2.40. The second-order valence-electron chi connectivity index (χ2n) is 3.65. The number of nitrogens with zero attached hydrogens (tertiary/aromatic N) is 2. The molecular weight excluding hydrogens is 492 g/mol. The number of aromatic nitrogens is 1. The van der Waals surface area contributed by atoms with Crippen LogP contribution in [0.2, 0.25) is 0 Å². The molecule has 1 atom stereocenters. The van der Waals surface area contributed by atoms with Gasteiger partial charge in [-0.3, -0.25) is 4.99 Å². The van der Waals surface area contributed by atoms with Crippen LogP contribution in [-0.2, 0) is 0 Å². The molecule has 0 amide bonds. The summed E-state index contributed by atoms with van der Waals surface area (Å²) in [5.41, 5.74) is 1.05. The summed E-state index contributed by atoms with van der Waals surface area (Å²) in [4.78, 5) is 9.02. The quantitative estimate of drug-likeness (QED) is 0.493. The van der Waals surface area contributed by atoms with Gasteiger partial charge in [-0.1, -0.05) is 57.8 Å². The van der Waals surface area contributed by atoms with Gasteiger partial charge < -0.3 is 5.32 Å². The average molecular weight is 503 g/mol. The first-order chi connectivity index (χ1) is 8.35. The highest BCUT2D eigenvalue weighted by Crippen LogP contribution is 2.29. The molecule has 2 aromatic rings. The van der Waals surface area contributed by atoms with Crippen LogP contribution in [0.15, 0.2) is 29.3 Å². The summed E-state index contributed by atoms with van der Waals surface area (Å²) in [6, 6.07) is 8.18. The van der Waals surface area contributed by atoms with Crippen molar-refractivity contribution in [2.24, 2.45) is 4.99 Å². The van der Waals surface area contributed by atoms with Crippen LogP contribution in [0, 0.1) is 0 Å². The topological polar surface area (TPSA) is 37.3 Å². The Labute approximate surface area is 144 Å². The Morgan fingerprint density at radius 2 is 2.22 bits per heavy atom. The van der Waals surface area contributed by atoms with E-state index in [0.717, 1.165) is 26.8 Å². The van der Waals surface area contributed by atoms with Crippen molar-refractivity contribution in [3.05, 3.63) is 24.3 Å². The Bertz CT molecular complexity index is 537. The second-order valence-corrected chi connectivity index (χ2v) is 6.85. The van der Waals surface area contributed by atoms with Crippen LogP contribution in [0.3, 0.4) is 0 Å². The zero-order chi connectivity index (χ0) is 11.7. The van der Waals surface area contributed by atoms with Crippen molar-refractivity contribution in [3.8, 4) is 0 Å². The van der Waals surface area contributed by atoms with E-state index in [0.29, 0.717) is 5.25 Å². The molecule has 1 aromatic carbocycles. The van der Waals surface area contributed by atoms with Crippen molar-refractivity contribution in [1.82, 2.24) is 4.98 Å². The van der Waals surface area contributed by atoms with E-state index in [4.69, 9.17) is 0 Å². The van der Waals surface area contributed by atoms with Crippen LogP contribution in [0.25, 0.3) is 10.2 Å². The molecule has 18 heavy (non-hydrogen) atoms. The van der Waals surface area contributed by atoms with Crippen molar-refractivity contribution < 1.29 is 0 Å². The predicted octanol–water partition coefficient (Wildman–Crippen LogP) is 4.23. The highest BCUT2D eigenvalue weighted by atomic mass is 127. The molecule has 96 valence electrons. The lowest BCUT2D eigenvalue weighted by atomic mass is 10.3. The van der Waals surface area contributed by atoms with E-state index >= 15 is 0 Å². The molecule has 1 unspecified atom stereocenters. The van der Waals surface area contributed by atoms with Gasteiger partial charge in [-0.15, -0.1) is 24.0 Å². The molecule has 1 aromatic heterocycles. The summed E-state index contributed by atoms with van der Waals surface area (Å²) in [6.45, 7) is 0.917. The van der Waals surface area contributed by atoms with E-state index in [1.165, 1.54) is 4.70 Å². The summed E-state index contributed by atoms with van der Waals surface area (Å²) in [5.74, 6) is 0. The van der Waals surface area contributed by atoms with Crippen LogP contribution >= 0.6 is 69.7 Å². The minimum Gasteiger partial charge on any atom is -0.311 e. The van der Waals surface area contributed by atoms with E-state index in [1.54, 1.807) is 11.3 Å². The molecule has 0 aliphatic carbocycles. The number of thiazole rings is 1. The van der Waals surface area contributed by atoms with Crippen molar-refractivity contribution >= 4 is 90.2 Å². The Morgan fingerprint density at radius 3 is 2.94 bits per heavy atom. The second kappa shape index (κ2) is 6.71. The average Bonchev–Trinajstić information content (AvgIpc) is 2.94. The molecular formula is C11H11I2N3S2. The van der Waals surface area contributed by atoms with Gasteiger partial charge in [-0.25, -0.2) is 4.98 Å². The Balaban J connectivity index is 0.00000120. The van der Waals surface area contributed by atoms with Gasteiger partial charge in [0.15, 0.2) is 10.3 Å². The minimum atomic E-state index is 0. The molecule has 7 heteroatoms. The fourth-order valence-electron chi connectivity index (χ4n) is 1.58. The molecule has 0 radical (unpaired) electrons. The maximum Gasteiger partial charge on any atom is 0.189 e. The summed E-state index contributed by atoms with van der Waals surface area (Å²) < 4.78 is 2.35. The SMILES string of the molecule is I.ICC1CN=C(Nc2nc3ccccc3s2)S1. The number of thioether (sulfide) groups is 1. The standard InChI is InChI=1S/C11H10IN3S2.HI/c12-5-7-6-13-10(16-7)15-11-14-8-3-1-2-4-9(8)17-11;/h1-4,7H,5-6H2,(H,13,14,15);1H. The van der Waals surface area contributed by atoms with Crippen LogP contribution in [0.1, 0.15) is 0 Å². The first-order valence-electron chi connectivity index (χ1n) is 5.25. The monoisotopic (exact) mass is 503 g/mol. The number of benzene rings is 1. The van der Waals surface area contributed by atoms with Crippen LogP contribution in [-0.4, -0.2) is 26.4 Å². The number of amidine groups is 1. The number of anilines is 1. The van der Waals surface area contributed by atoms with E-state index in [1.807, 2.05) is 30.0 Å². The van der Waals surface area contributed by atoms with Gasteiger partial charge in [0.25, 0.3) is 0 Å². The largest absolute Gasteiger partial charge is 0.311 e. The van der Waals surface area contributed by atoms with Crippen molar-refractivity contribution in [3.63, 3.8) is 0 Å². The molecule has 0 fully saturated rings. The van der Waals surface area contributed by atoms with Gasteiger partial charge in [0, 0.05) is 9.68 Å². The van der Waals surface area contributed by atoms with Crippen LogP contribution < -0.4 is 5.32 Å². The fourth-order valence-corrected chi connectivity index (χ4v) is 4.16. The minimum absolute atomic E-state index is 0. The number of nitrogens with one attached hydrogen (secondary N) is 1. The maximum atomic E-state index is 4.54. The number of halogens is 2. The number of fused-ring (bicyclic) bond motifs is 1. The lowest BCUT2D eigenvalue weighted by molar-refractivity contribution is 0.999. The molecule has 3 rings (SSSR count). The Kier molecular flexibility index (Phi) is 5.51. The molecule has 0 bridgehead atoms.